The van der Waals surface area contributed by atoms with E-state index in [1.54, 1.807) is 0 Å². The molecule has 3 aromatic rings. The van der Waals surface area contributed by atoms with E-state index in [9.17, 15) is 0 Å². The van der Waals surface area contributed by atoms with Gasteiger partial charge in [0.1, 0.15) is 17.2 Å². The van der Waals surface area contributed by atoms with Crippen molar-refractivity contribution in [2.45, 2.75) is 59.8 Å². The molecule has 4 heterocycles. The normalized spacial score (nSPS) is 16.1. The molecule has 0 unspecified atom stereocenters. The summed E-state index contributed by atoms with van der Waals surface area (Å²) in [5.74, 6) is 2.31. The summed E-state index contributed by atoms with van der Waals surface area (Å²) < 4.78 is 19.3. The number of hydrogen-bond acceptors (Lipinski definition) is 5. The van der Waals surface area contributed by atoms with E-state index in [0.717, 1.165) is 23.6 Å². The van der Waals surface area contributed by atoms with Crippen LogP contribution in [0.4, 0.5) is 5.82 Å². The molecule has 3 aromatic heterocycles. The zero-order chi connectivity index (χ0) is 20.8. The Bertz CT molecular complexity index is 1000. The molecule has 0 amide bonds. The highest BCUT2D eigenvalue weighted by atomic mass is 16.7. The summed E-state index contributed by atoms with van der Waals surface area (Å²) in [6.07, 6.45) is 2.63. The molecule has 1 saturated heterocycles. The SMILES string of the molecule is Cc1ccn2c(NC(C)(C)CC(C)(C)C)c(-c3ccc(C4OCCO4)o3)nc2c1. The third-order valence-electron chi connectivity index (χ3n) is 4.92. The predicted octanol–water partition coefficient (Wildman–Crippen LogP) is 5.57. The van der Waals surface area contributed by atoms with Crippen LogP contribution in [0.1, 0.15) is 58.7 Å². The molecular formula is C23H31N3O3. The van der Waals surface area contributed by atoms with Crippen LogP contribution in [0.25, 0.3) is 17.1 Å². The summed E-state index contributed by atoms with van der Waals surface area (Å²) in [6, 6.07) is 8.02. The number of aryl methyl sites for hydroxylation is 1. The first-order valence-corrected chi connectivity index (χ1v) is 10.2. The Balaban J connectivity index is 1.76. The topological polar surface area (TPSA) is 60.9 Å². The number of pyridine rings is 1. The molecule has 156 valence electrons. The van der Waals surface area contributed by atoms with Gasteiger partial charge in [0.2, 0.25) is 6.29 Å². The Kier molecular flexibility index (Phi) is 4.95. The third-order valence-corrected chi connectivity index (χ3v) is 4.92. The summed E-state index contributed by atoms with van der Waals surface area (Å²) in [5, 5.41) is 3.74. The lowest BCUT2D eigenvalue weighted by Gasteiger charge is -2.34. The van der Waals surface area contributed by atoms with Crippen LogP contribution in [-0.2, 0) is 9.47 Å². The number of aromatic nitrogens is 2. The highest BCUT2D eigenvalue weighted by molar-refractivity contribution is 5.74. The number of hydrogen-bond donors (Lipinski definition) is 1. The van der Waals surface area contributed by atoms with Crippen LogP contribution in [0.3, 0.4) is 0 Å². The lowest BCUT2D eigenvalue weighted by atomic mass is 9.82. The monoisotopic (exact) mass is 397 g/mol. The summed E-state index contributed by atoms with van der Waals surface area (Å²) in [7, 11) is 0. The standard InChI is InChI=1S/C23H31N3O3/c1-15-9-10-26-18(13-15)24-19(20(26)25-23(5,6)14-22(2,3)4)16-7-8-17(29-16)21-27-11-12-28-21/h7-10,13,21,25H,11-12,14H2,1-6H3. The minimum absolute atomic E-state index is 0.124. The van der Waals surface area contributed by atoms with Crippen LogP contribution in [0.5, 0.6) is 0 Å². The fourth-order valence-corrected chi connectivity index (χ4v) is 4.26. The molecule has 6 heteroatoms. The Labute approximate surface area is 172 Å². The lowest BCUT2D eigenvalue weighted by Crippen LogP contribution is -2.36. The zero-order valence-corrected chi connectivity index (χ0v) is 18.2. The van der Waals surface area contributed by atoms with Crippen molar-refractivity contribution < 1.29 is 13.9 Å². The van der Waals surface area contributed by atoms with E-state index in [0.29, 0.717) is 24.7 Å². The zero-order valence-electron chi connectivity index (χ0n) is 18.2. The molecule has 1 aliphatic heterocycles. The second-order valence-corrected chi connectivity index (χ2v) is 9.76. The first-order chi connectivity index (χ1) is 13.6. The Hall–Kier alpha value is -2.31. The summed E-state index contributed by atoms with van der Waals surface area (Å²) >= 11 is 0. The molecule has 29 heavy (non-hydrogen) atoms. The van der Waals surface area contributed by atoms with Crippen molar-refractivity contribution in [2.24, 2.45) is 5.41 Å². The molecule has 0 aliphatic carbocycles. The van der Waals surface area contributed by atoms with Gasteiger partial charge in [0.25, 0.3) is 0 Å². The second-order valence-electron chi connectivity index (χ2n) is 9.76. The van der Waals surface area contributed by atoms with Crippen molar-refractivity contribution >= 4 is 11.5 Å². The number of furan rings is 1. The van der Waals surface area contributed by atoms with Gasteiger partial charge < -0.3 is 19.2 Å². The van der Waals surface area contributed by atoms with Gasteiger partial charge in [-0.05, 0) is 62.4 Å². The van der Waals surface area contributed by atoms with Crippen molar-refractivity contribution in [3.63, 3.8) is 0 Å². The van der Waals surface area contributed by atoms with E-state index < -0.39 is 6.29 Å². The molecule has 0 radical (unpaired) electrons. The van der Waals surface area contributed by atoms with Gasteiger partial charge in [0, 0.05) is 11.7 Å². The van der Waals surface area contributed by atoms with Crippen LogP contribution in [0.2, 0.25) is 0 Å². The Morgan fingerprint density at radius 2 is 1.83 bits per heavy atom. The number of nitrogens with zero attached hydrogens (tertiary/aromatic N) is 2. The largest absolute Gasteiger partial charge is 0.454 e. The van der Waals surface area contributed by atoms with Crippen LogP contribution in [-0.4, -0.2) is 28.1 Å². The molecule has 1 N–H and O–H groups in total. The molecular weight excluding hydrogens is 366 g/mol. The minimum Gasteiger partial charge on any atom is -0.454 e. The van der Waals surface area contributed by atoms with Crippen molar-refractivity contribution in [1.29, 1.82) is 0 Å². The van der Waals surface area contributed by atoms with Crippen molar-refractivity contribution in [1.82, 2.24) is 9.38 Å². The molecule has 4 rings (SSSR count). The van der Waals surface area contributed by atoms with E-state index in [-0.39, 0.29) is 11.0 Å². The number of rotatable bonds is 5. The number of ether oxygens (including phenoxy) is 2. The molecule has 1 aliphatic rings. The summed E-state index contributed by atoms with van der Waals surface area (Å²) in [6.45, 7) is 14.5. The highest BCUT2D eigenvalue weighted by Gasteiger charge is 2.29. The van der Waals surface area contributed by atoms with Gasteiger partial charge in [0.05, 0.1) is 13.2 Å². The molecule has 1 fully saturated rings. The summed E-state index contributed by atoms with van der Waals surface area (Å²) in [5.41, 5.74) is 2.92. The maximum atomic E-state index is 6.10. The smallest absolute Gasteiger partial charge is 0.217 e. The molecule has 0 bridgehead atoms. The van der Waals surface area contributed by atoms with Gasteiger partial charge in [-0.2, -0.15) is 0 Å². The number of imidazole rings is 1. The first kappa shape index (κ1) is 20.0. The second kappa shape index (κ2) is 7.18. The molecule has 0 saturated carbocycles. The fraction of sp³-hybridized carbons (Fsp3) is 0.522. The van der Waals surface area contributed by atoms with Crippen LogP contribution >= 0.6 is 0 Å². The van der Waals surface area contributed by atoms with Gasteiger partial charge in [-0.15, -0.1) is 0 Å². The van der Waals surface area contributed by atoms with Gasteiger partial charge in [-0.1, -0.05) is 20.8 Å². The van der Waals surface area contributed by atoms with E-state index in [2.05, 4.69) is 69.6 Å². The van der Waals surface area contributed by atoms with E-state index in [1.807, 2.05) is 12.1 Å². The summed E-state index contributed by atoms with van der Waals surface area (Å²) in [4.78, 5) is 4.89. The average molecular weight is 398 g/mol. The van der Waals surface area contributed by atoms with Gasteiger partial charge >= 0.3 is 0 Å². The third kappa shape index (κ3) is 4.33. The molecule has 0 atom stereocenters. The minimum atomic E-state index is -0.434. The average Bonchev–Trinajstić information content (AvgIpc) is 3.30. The van der Waals surface area contributed by atoms with Gasteiger partial charge in [0.15, 0.2) is 11.5 Å². The van der Waals surface area contributed by atoms with E-state index in [4.69, 9.17) is 18.9 Å². The first-order valence-electron chi connectivity index (χ1n) is 10.2. The van der Waals surface area contributed by atoms with Crippen molar-refractivity contribution in [3.05, 3.63) is 41.8 Å². The number of fused-ring (bicyclic) bond motifs is 1. The maximum Gasteiger partial charge on any atom is 0.217 e. The number of nitrogens with one attached hydrogen (secondary N) is 1. The van der Waals surface area contributed by atoms with Crippen LogP contribution < -0.4 is 5.32 Å². The van der Waals surface area contributed by atoms with Gasteiger partial charge in [-0.3, -0.25) is 4.40 Å². The maximum absolute atomic E-state index is 6.10. The molecule has 0 aromatic carbocycles. The molecule has 6 nitrogen and oxygen atoms in total. The van der Waals surface area contributed by atoms with Crippen molar-refractivity contribution in [3.8, 4) is 11.5 Å². The molecule has 0 spiro atoms. The lowest BCUT2D eigenvalue weighted by molar-refractivity contribution is -0.0585. The fourth-order valence-electron chi connectivity index (χ4n) is 4.26. The van der Waals surface area contributed by atoms with E-state index in [1.165, 1.54) is 5.56 Å². The van der Waals surface area contributed by atoms with Crippen molar-refractivity contribution in [2.75, 3.05) is 18.5 Å². The quantitative estimate of drug-likeness (QED) is 0.609. The highest BCUT2D eigenvalue weighted by Crippen LogP contribution is 2.37. The number of anilines is 1. The Morgan fingerprint density at radius 1 is 1.10 bits per heavy atom. The van der Waals surface area contributed by atoms with Crippen LogP contribution in [0, 0.1) is 12.3 Å². The Morgan fingerprint density at radius 3 is 2.52 bits per heavy atom. The van der Waals surface area contributed by atoms with E-state index >= 15 is 0 Å². The van der Waals surface area contributed by atoms with Crippen LogP contribution in [0.15, 0.2) is 34.9 Å². The predicted molar refractivity (Wildman–Crippen MR) is 114 cm³/mol. The van der Waals surface area contributed by atoms with Gasteiger partial charge in [-0.25, -0.2) is 4.98 Å².